The summed E-state index contributed by atoms with van der Waals surface area (Å²) in [6.07, 6.45) is -6.25. The molecule has 0 aliphatic heterocycles. The van der Waals surface area contributed by atoms with E-state index in [1.165, 1.54) is 6.07 Å². The van der Waals surface area contributed by atoms with Crippen LogP contribution in [-0.2, 0) is 0 Å². The lowest BCUT2D eigenvalue weighted by Crippen LogP contribution is -2.31. The number of rotatable bonds is 3. The fourth-order valence-electron chi connectivity index (χ4n) is 1.24. The second-order valence-corrected chi connectivity index (χ2v) is 4.69. The van der Waals surface area contributed by atoms with E-state index < -0.39 is 18.3 Å². The third kappa shape index (κ3) is 3.89. The van der Waals surface area contributed by atoms with Crippen molar-refractivity contribution in [3.05, 3.63) is 28.2 Å². The summed E-state index contributed by atoms with van der Waals surface area (Å²) in [5, 5.41) is 0. The van der Waals surface area contributed by atoms with Gasteiger partial charge in [0.1, 0.15) is 5.75 Å². The van der Waals surface area contributed by atoms with Gasteiger partial charge in [0.25, 0.3) is 0 Å². The van der Waals surface area contributed by atoms with Crippen LogP contribution in [0.5, 0.6) is 5.75 Å². The normalized spacial score (nSPS) is 15.5. The predicted molar refractivity (Wildman–Crippen MR) is 62.9 cm³/mol. The van der Waals surface area contributed by atoms with Crippen LogP contribution in [0.25, 0.3) is 0 Å². The molecule has 17 heavy (non-hydrogen) atoms. The van der Waals surface area contributed by atoms with Crippen molar-refractivity contribution in [1.82, 2.24) is 0 Å². The minimum atomic E-state index is -4.39. The highest BCUT2D eigenvalue weighted by molar-refractivity contribution is 9.10. The second-order valence-electron chi connectivity index (χ2n) is 3.77. The Hall–Kier alpha value is -0.750. The summed E-state index contributed by atoms with van der Waals surface area (Å²) in [4.78, 5) is 0. The van der Waals surface area contributed by atoms with Crippen molar-refractivity contribution in [3.63, 3.8) is 0 Å². The van der Waals surface area contributed by atoms with Crippen molar-refractivity contribution in [2.75, 3.05) is 0 Å². The number of hydrogen-bond acceptors (Lipinski definition) is 2. The topological polar surface area (TPSA) is 35.2 Å². The largest absolute Gasteiger partial charge is 0.481 e. The molecule has 2 N–H and O–H groups in total. The molecule has 1 aromatic rings. The van der Waals surface area contributed by atoms with Crippen LogP contribution in [0, 0.1) is 0 Å². The number of hydrogen-bond donors (Lipinski definition) is 1. The summed E-state index contributed by atoms with van der Waals surface area (Å²) < 4.78 is 42.8. The van der Waals surface area contributed by atoms with Gasteiger partial charge in [0.2, 0.25) is 0 Å². The van der Waals surface area contributed by atoms with Crippen molar-refractivity contribution in [3.8, 4) is 5.75 Å². The molecule has 0 heterocycles. The first-order valence-corrected chi connectivity index (χ1v) is 5.79. The Morgan fingerprint density at radius 3 is 2.35 bits per heavy atom. The van der Waals surface area contributed by atoms with E-state index in [-0.39, 0.29) is 5.75 Å². The summed E-state index contributed by atoms with van der Waals surface area (Å²) in [5.41, 5.74) is 6.22. The zero-order valence-corrected chi connectivity index (χ0v) is 11.0. The minimum absolute atomic E-state index is 0.160. The van der Waals surface area contributed by atoms with Gasteiger partial charge in [-0.25, -0.2) is 0 Å². The molecule has 6 heteroatoms. The Morgan fingerprint density at radius 2 is 1.88 bits per heavy atom. The fourth-order valence-corrected chi connectivity index (χ4v) is 1.62. The lowest BCUT2D eigenvalue weighted by atomic mass is 10.1. The molecule has 0 aliphatic rings. The number of halogens is 4. The van der Waals surface area contributed by atoms with Gasteiger partial charge in [-0.15, -0.1) is 0 Å². The summed E-state index contributed by atoms with van der Waals surface area (Å²) in [6.45, 7) is 2.65. The first kappa shape index (κ1) is 14.3. The van der Waals surface area contributed by atoms with E-state index in [1.54, 1.807) is 19.1 Å². The molecule has 2 unspecified atom stereocenters. The predicted octanol–water partition coefficient (Wildman–Crippen LogP) is 3.80. The Bertz CT molecular complexity index is 393. The minimum Gasteiger partial charge on any atom is -0.481 e. The highest BCUT2D eigenvalue weighted by atomic mass is 79.9. The number of alkyl halides is 3. The molecule has 0 amide bonds. The first-order chi connectivity index (χ1) is 7.71. The van der Waals surface area contributed by atoms with Crippen molar-refractivity contribution < 1.29 is 17.9 Å². The highest BCUT2D eigenvalue weighted by Crippen LogP contribution is 2.31. The summed E-state index contributed by atoms with van der Waals surface area (Å²) in [5.74, 6) is 0.160. The first-order valence-electron chi connectivity index (χ1n) is 5.00. The van der Waals surface area contributed by atoms with Gasteiger partial charge < -0.3 is 10.5 Å². The van der Waals surface area contributed by atoms with Crippen LogP contribution < -0.4 is 10.5 Å². The molecule has 0 fully saturated rings. The summed E-state index contributed by atoms with van der Waals surface area (Å²) in [6, 6.07) is 4.35. The van der Waals surface area contributed by atoms with Crippen molar-refractivity contribution in [2.24, 2.45) is 5.73 Å². The van der Waals surface area contributed by atoms with E-state index in [0.717, 1.165) is 11.4 Å². The highest BCUT2D eigenvalue weighted by Gasteiger charge is 2.38. The van der Waals surface area contributed by atoms with Gasteiger partial charge in [-0.2, -0.15) is 13.2 Å². The molecule has 0 aliphatic carbocycles. The van der Waals surface area contributed by atoms with Crippen LogP contribution in [0.1, 0.15) is 25.5 Å². The SMILES string of the molecule is CC(N)c1cc(Br)ccc1OC(C)C(F)(F)F. The molecule has 2 atom stereocenters. The van der Waals surface area contributed by atoms with E-state index in [0.29, 0.717) is 5.56 Å². The van der Waals surface area contributed by atoms with Crippen molar-refractivity contribution in [2.45, 2.75) is 32.2 Å². The van der Waals surface area contributed by atoms with Crippen molar-refractivity contribution in [1.29, 1.82) is 0 Å². The van der Waals surface area contributed by atoms with E-state index in [4.69, 9.17) is 10.5 Å². The monoisotopic (exact) mass is 311 g/mol. The van der Waals surface area contributed by atoms with E-state index >= 15 is 0 Å². The van der Waals surface area contributed by atoms with Crippen LogP contribution in [0.4, 0.5) is 13.2 Å². The zero-order chi connectivity index (χ0) is 13.2. The molecule has 0 spiro atoms. The smallest absolute Gasteiger partial charge is 0.425 e. The maximum absolute atomic E-state index is 12.4. The zero-order valence-electron chi connectivity index (χ0n) is 9.38. The standard InChI is InChI=1S/C11H13BrF3NO/c1-6(16)9-5-8(12)3-4-10(9)17-7(2)11(13,14)15/h3-7H,16H2,1-2H3. The van der Waals surface area contributed by atoms with Crippen LogP contribution in [-0.4, -0.2) is 12.3 Å². The third-order valence-corrected chi connectivity index (χ3v) is 2.72. The van der Waals surface area contributed by atoms with E-state index in [9.17, 15) is 13.2 Å². The van der Waals surface area contributed by atoms with E-state index in [2.05, 4.69) is 15.9 Å². The Balaban J connectivity index is 2.98. The van der Waals surface area contributed by atoms with Crippen LogP contribution in [0.15, 0.2) is 22.7 Å². The summed E-state index contributed by atoms with van der Waals surface area (Å²) in [7, 11) is 0. The lowest BCUT2D eigenvalue weighted by Gasteiger charge is -2.21. The molecular formula is C11H13BrF3NO. The molecule has 1 aromatic carbocycles. The molecule has 96 valence electrons. The maximum Gasteiger partial charge on any atom is 0.425 e. The fraction of sp³-hybridized carbons (Fsp3) is 0.455. The Kier molecular flexibility index (Phi) is 4.43. The molecule has 0 bridgehead atoms. The molecule has 0 saturated carbocycles. The van der Waals surface area contributed by atoms with Crippen LogP contribution >= 0.6 is 15.9 Å². The summed E-state index contributed by atoms with van der Waals surface area (Å²) >= 11 is 3.24. The molecule has 2 nitrogen and oxygen atoms in total. The average molecular weight is 312 g/mol. The van der Waals surface area contributed by atoms with Gasteiger partial charge in [0, 0.05) is 16.1 Å². The number of ether oxygens (including phenoxy) is 1. The lowest BCUT2D eigenvalue weighted by molar-refractivity contribution is -0.189. The van der Waals surface area contributed by atoms with Gasteiger partial charge in [-0.05, 0) is 32.0 Å². The Morgan fingerprint density at radius 1 is 1.29 bits per heavy atom. The second kappa shape index (κ2) is 5.27. The molecule has 0 aromatic heterocycles. The number of nitrogens with two attached hydrogens (primary N) is 1. The van der Waals surface area contributed by atoms with Crippen molar-refractivity contribution >= 4 is 15.9 Å². The third-order valence-electron chi connectivity index (χ3n) is 2.23. The molecular weight excluding hydrogens is 299 g/mol. The van der Waals surface area contributed by atoms with Gasteiger partial charge in [0.05, 0.1) is 0 Å². The maximum atomic E-state index is 12.4. The number of benzene rings is 1. The van der Waals surface area contributed by atoms with E-state index in [1.807, 2.05) is 0 Å². The Labute approximate surface area is 106 Å². The quantitative estimate of drug-likeness (QED) is 0.921. The molecule has 1 rings (SSSR count). The average Bonchev–Trinajstić information content (AvgIpc) is 2.18. The van der Waals surface area contributed by atoms with Gasteiger partial charge >= 0.3 is 6.18 Å². The van der Waals surface area contributed by atoms with Gasteiger partial charge in [-0.3, -0.25) is 0 Å². The van der Waals surface area contributed by atoms with Gasteiger partial charge in [-0.1, -0.05) is 15.9 Å². The molecule has 0 saturated heterocycles. The van der Waals surface area contributed by atoms with Crippen LogP contribution in [0.3, 0.4) is 0 Å². The molecule has 0 radical (unpaired) electrons. The van der Waals surface area contributed by atoms with Crippen LogP contribution in [0.2, 0.25) is 0 Å². The van der Waals surface area contributed by atoms with Gasteiger partial charge in [0.15, 0.2) is 6.10 Å².